The summed E-state index contributed by atoms with van der Waals surface area (Å²) in [5, 5.41) is 0. The van der Waals surface area contributed by atoms with E-state index in [2.05, 4.69) is 9.47 Å². The van der Waals surface area contributed by atoms with Gasteiger partial charge in [0, 0.05) is 12.1 Å². The summed E-state index contributed by atoms with van der Waals surface area (Å²) in [4.78, 5) is 0. The molecule has 0 spiro atoms. The first-order chi connectivity index (χ1) is 16.8. The molecule has 0 aromatic heterocycles. The molecule has 0 aliphatic rings. The van der Waals surface area contributed by atoms with Crippen molar-refractivity contribution in [1.29, 1.82) is 0 Å². The summed E-state index contributed by atoms with van der Waals surface area (Å²) in [6, 6.07) is 8.27. The number of aryl methyl sites for hydroxylation is 1. The van der Waals surface area contributed by atoms with Crippen LogP contribution < -0.4 is 9.47 Å². The minimum absolute atomic E-state index is 0.0295. The summed E-state index contributed by atoms with van der Waals surface area (Å²) in [5.74, 6) is -9.28. The smallest absolute Gasteiger partial charge is 0.432 e. The largest absolute Gasteiger partial charge is 0.459 e. The van der Waals surface area contributed by atoms with E-state index < -0.39 is 58.7 Å². The van der Waals surface area contributed by atoms with E-state index in [4.69, 9.17) is 0 Å². The van der Waals surface area contributed by atoms with Gasteiger partial charge in [0.25, 0.3) is 0 Å². The van der Waals surface area contributed by atoms with Gasteiger partial charge < -0.3 is 9.47 Å². The third kappa shape index (κ3) is 6.52. The molecule has 36 heavy (non-hydrogen) atoms. The maximum Gasteiger partial charge on any atom is 0.432 e. The number of halogens is 9. The summed E-state index contributed by atoms with van der Waals surface area (Å²) in [6.45, 7) is 1.97. The Hall–Kier alpha value is -3.63. The molecule has 0 unspecified atom stereocenters. The molecule has 3 aromatic carbocycles. The number of allylic oxidation sites excluding steroid dienone is 1. The summed E-state index contributed by atoms with van der Waals surface area (Å²) < 4.78 is 131. The second-order valence-corrected chi connectivity index (χ2v) is 7.56. The van der Waals surface area contributed by atoms with E-state index in [1.807, 2.05) is 6.92 Å². The van der Waals surface area contributed by atoms with E-state index in [-0.39, 0.29) is 24.0 Å². The van der Waals surface area contributed by atoms with Crippen molar-refractivity contribution in [1.82, 2.24) is 0 Å². The summed E-state index contributed by atoms with van der Waals surface area (Å²) in [6.07, 6.45) is -8.40. The molecule has 3 aromatic rings. The molecule has 0 saturated carbocycles. The van der Waals surface area contributed by atoms with Crippen LogP contribution in [-0.4, -0.2) is 6.18 Å². The first-order valence-corrected chi connectivity index (χ1v) is 10.4. The minimum Gasteiger partial charge on any atom is -0.459 e. The summed E-state index contributed by atoms with van der Waals surface area (Å²) in [7, 11) is 0. The Morgan fingerprint density at radius 3 is 1.81 bits per heavy atom. The van der Waals surface area contributed by atoms with Crippen molar-refractivity contribution in [3.05, 3.63) is 95.3 Å². The molecule has 0 amide bonds. The molecule has 0 aliphatic carbocycles. The van der Waals surface area contributed by atoms with E-state index in [9.17, 15) is 39.5 Å². The van der Waals surface area contributed by atoms with Crippen LogP contribution in [-0.2, 0) is 12.5 Å². The maximum absolute atomic E-state index is 14.6. The Balaban J connectivity index is 1.86. The molecule has 3 rings (SSSR count). The van der Waals surface area contributed by atoms with E-state index in [1.165, 1.54) is 0 Å². The van der Waals surface area contributed by atoms with Gasteiger partial charge in [0.15, 0.2) is 17.4 Å². The zero-order chi connectivity index (χ0) is 26.7. The molecular formula is C25H17F9O2. The van der Waals surface area contributed by atoms with Crippen molar-refractivity contribution in [3.63, 3.8) is 0 Å². The van der Waals surface area contributed by atoms with Gasteiger partial charge in [-0.2, -0.15) is 22.0 Å². The third-order valence-corrected chi connectivity index (χ3v) is 4.82. The first-order valence-electron chi connectivity index (χ1n) is 10.4. The molecule has 0 atom stereocenters. The van der Waals surface area contributed by atoms with Crippen LogP contribution in [0.25, 0.3) is 11.1 Å². The predicted octanol–water partition coefficient (Wildman–Crippen LogP) is 8.45. The average molecular weight is 520 g/mol. The second-order valence-electron chi connectivity index (χ2n) is 7.56. The molecule has 0 heterocycles. The minimum atomic E-state index is -4.83. The molecule has 2 nitrogen and oxygen atoms in total. The highest BCUT2D eigenvalue weighted by Gasteiger charge is 2.41. The van der Waals surface area contributed by atoms with E-state index in [0.717, 1.165) is 18.4 Å². The van der Waals surface area contributed by atoms with Crippen molar-refractivity contribution in [2.24, 2.45) is 0 Å². The number of benzene rings is 3. The lowest BCUT2D eigenvalue weighted by atomic mass is 10.00. The number of hydrogen-bond donors (Lipinski definition) is 0. The molecule has 0 aliphatic heterocycles. The van der Waals surface area contributed by atoms with Crippen molar-refractivity contribution in [3.8, 4) is 22.6 Å². The average Bonchev–Trinajstić information content (AvgIpc) is 2.74. The third-order valence-electron chi connectivity index (χ3n) is 4.82. The van der Waals surface area contributed by atoms with Crippen molar-refractivity contribution >= 4 is 0 Å². The SMILES string of the molecule is CCCc1ccc(-c2cc(F)c(C(F)(F)Oc3cc(F)c(OC=CC(F)(F)F)c(F)c3)c(F)c2)cc1. The quantitative estimate of drug-likeness (QED) is 0.219. The van der Waals surface area contributed by atoms with Crippen molar-refractivity contribution in [2.45, 2.75) is 32.1 Å². The van der Waals surface area contributed by atoms with Crippen LogP contribution >= 0.6 is 0 Å². The van der Waals surface area contributed by atoms with Gasteiger partial charge in [-0.15, -0.1) is 0 Å². The van der Waals surface area contributed by atoms with Gasteiger partial charge in [-0.25, -0.2) is 17.6 Å². The molecule has 0 saturated heterocycles. The van der Waals surface area contributed by atoms with Crippen LogP contribution in [0.2, 0.25) is 0 Å². The fourth-order valence-electron chi connectivity index (χ4n) is 3.26. The zero-order valence-electron chi connectivity index (χ0n) is 18.4. The Bertz CT molecular complexity index is 1200. The van der Waals surface area contributed by atoms with Crippen LogP contribution in [0.4, 0.5) is 39.5 Å². The summed E-state index contributed by atoms with van der Waals surface area (Å²) >= 11 is 0. The number of rotatable bonds is 8. The van der Waals surface area contributed by atoms with Crippen molar-refractivity contribution in [2.75, 3.05) is 0 Å². The molecule has 0 fully saturated rings. The highest BCUT2D eigenvalue weighted by atomic mass is 19.4. The van der Waals surface area contributed by atoms with Crippen LogP contribution in [0.5, 0.6) is 11.5 Å². The van der Waals surface area contributed by atoms with Gasteiger partial charge in [-0.3, -0.25) is 0 Å². The van der Waals surface area contributed by atoms with Crippen LogP contribution in [0, 0.1) is 23.3 Å². The van der Waals surface area contributed by atoms with Gasteiger partial charge in [-0.05, 0) is 35.2 Å². The lowest BCUT2D eigenvalue weighted by molar-refractivity contribution is -0.189. The second kappa shape index (κ2) is 10.5. The van der Waals surface area contributed by atoms with Crippen molar-refractivity contribution < 1.29 is 49.0 Å². The molecule has 192 valence electrons. The highest BCUT2D eigenvalue weighted by Crippen LogP contribution is 2.38. The Kier molecular flexibility index (Phi) is 7.90. The molecular weight excluding hydrogens is 503 g/mol. The molecule has 0 radical (unpaired) electrons. The van der Waals surface area contributed by atoms with Gasteiger partial charge in [0.05, 0.1) is 12.3 Å². The topological polar surface area (TPSA) is 18.5 Å². The van der Waals surface area contributed by atoms with Crippen LogP contribution in [0.3, 0.4) is 0 Å². The normalized spacial score (nSPS) is 12.3. The fraction of sp³-hybridized carbons (Fsp3) is 0.200. The van der Waals surface area contributed by atoms with E-state index >= 15 is 0 Å². The molecule has 0 N–H and O–H groups in total. The van der Waals surface area contributed by atoms with Gasteiger partial charge in [0.1, 0.15) is 22.9 Å². The predicted molar refractivity (Wildman–Crippen MR) is 112 cm³/mol. The van der Waals surface area contributed by atoms with Crippen LogP contribution in [0.15, 0.2) is 60.9 Å². The molecule has 0 bridgehead atoms. The Morgan fingerprint density at radius 1 is 0.750 bits per heavy atom. The van der Waals surface area contributed by atoms with E-state index in [0.29, 0.717) is 17.7 Å². The van der Waals surface area contributed by atoms with Gasteiger partial charge in [-0.1, -0.05) is 37.6 Å². The Labute approximate surface area is 199 Å². The Morgan fingerprint density at radius 2 is 1.31 bits per heavy atom. The monoisotopic (exact) mass is 520 g/mol. The number of ether oxygens (including phenoxy) is 2. The highest BCUT2D eigenvalue weighted by molar-refractivity contribution is 5.64. The number of alkyl halides is 5. The van der Waals surface area contributed by atoms with Gasteiger partial charge in [0.2, 0.25) is 0 Å². The first kappa shape index (κ1) is 27.0. The molecule has 11 heteroatoms. The lowest BCUT2D eigenvalue weighted by Crippen LogP contribution is -2.25. The number of hydrogen-bond acceptors (Lipinski definition) is 2. The maximum atomic E-state index is 14.6. The fourth-order valence-corrected chi connectivity index (χ4v) is 3.26. The summed E-state index contributed by atoms with van der Waals surface area (Å²) in [5.41, 5.74) is -0.491. The van der Waals surface area contributed by atoms with Gasteiger partial charge >= 0.3 is 12.3 Å². The zero-order valence-corrected chi connectivity index (χ0v) is 18.4. The van der Waals surface area contributed by atoms with Crippen LogP contribution in [0.1, 0.15) is 24.5 Å². The lowest BCUT2D eigenvalue weighted by Gasteiger charge is -2.20. The van der Waals surface area contributed by atoms with E-state index in [1.54, 1.807) is 24.3 Å². The standard InChI is InChI=1S/C25H17F9O2/c1-2-3-14-4-6-15(7-5-14)16-10-18(26)22(19(27)11-16)25(33,34)36-17-12-20(28)23(21(29)13-17)35-9-8-24(30,31)32/h4-13H,2-3H2,1H3.